The molecule has 1 heterocycles. The van der Waals surface area contributed by atoms with E-state index in [1.54, 1.807) is 18.0 Å². The second-order valence-electron chi connectivity index (χ2n) is 7.44. The molecule has 4 heteroatoms. The highest BCUT2D eigenvalue weighted by molar-refractivity contribution is 5.82. The zero-order valence-corrected chi connectivity index (χ0v) is 15.5. The van der Waals surface area contributed by atoms with E-state index in [0.717, 1.165) is 36.0 Å². The highest BCUT2D eigenvalue weighted by Crippen LogP contribution is 2.42. The van der Waals surface area contributed by atoms with Crippen LogP contribution in [0.3, 0.4) is 0 Å². The lowest BCUT2D eigenvalue weighted by Gasteiger charge is -2.43. The van der Waals surface area contributed by atoms with Crippen LogP contribution in [0.2, 0.25) is 0 Å². The number of carbonyl (C=O) groups excluding carboxylic acids is 2. The average Bonchev–Trinajstić information content (AvgIpc) is 2.65. The Morgan fingerprint density at radius 3 is 2.44 bits per heavy atom. The Morgan fingerprint density at radius 1 is 1.07 bits per heavy atom. The van der Waals surface area contributed by atoms with Gasteiger partial charge in [0.05, 0.1) is 18.0 Å². The summed E-state index contributed by atoms with van der Waals surface area (Å²) in [6.45, 7) is 1.54. The Hall–Kier alpha value is -2.88. The van der Waals surface area contributed by atoms with Crippen molar-refractivity contribution in [3.8, 4) is 0 Å². The maximum Gasteiger partial charge on any atom is 0.223 e. The van der Waals surface area contributed by atoms with E-state index in [-0.39, 0.29) is 29.8 Å². The molecule has 138 valence electrons. The van der Waals surface area contributed by atoms with E-state index >= 15 is 0 Å². The van der Waals surface area contributed by atoms with Gasteiger partial charge >= 0.3 is 0 Å². The van der Waals surface area contributed by atoms with Crippen molar-refractivity contribution in [1.29, 1.82) is 0 Å². The van der Waals surface area contributed by atoms with Gasteiger partial charge in [-0.3, -0.25) is 9.59 Å². The minimum Gasteiger partial charge on any atom is -0.347 e. The van der Waals surface area contributed by atoms with E-state index in [2.05, 4.69) is 17.4 Å². The van der Waals surface area contributed by atoms with Crippen LogP contribution in [0.1, 0.15) is 55.3 Å². The van der Waals surface area contributed by atoms with Gasteiger partial charge in [0.15, 0.2) is 0 Å². The van der Waals surface area contributed by atoms with Crippen molar-refractivity contribution in [2.24, 2.45) is 0 Å². The summed E-state index contributed by atoms with van der Waals surface area (Å²) >= 11 is 0. The molecule has 0 saturated heterocycles. The maximum absolute atomic E-state index is 13.0. The summed E-state index contributed by atoms with van der Waals surface area (Å²) in [6, 6.07) is 17.9. The van der Waals surface area contributed by atoms with E-state index in [1.165, 1.54) is 0 Å². The summed E-state index contributed by atoms with van der Waals surface area (Å²) in [7, 11) is 0. The predicted octanol–water partition coefficient (Wildman–Crippen LogP) is 4.15. The Labute approximate surface area is 159 Å². The molecule has 0 unspecified atom stereocenters. The number of nitrogens with zero attached hydrogens (tertiary/aromatic N) is 1. The first-order valence-electron chi connectivity index (χ1n) is 9.52. The minimum atomic E-state index is -0.267. The lowest BCUT2D eigenvalue weighted by atomic mass is 9.71. The van der Waals surface area contributed by atoms with Gasteiger partial charge in [-0.25, -0.2) is 0 Å². The van der Waals surface area contributed by atoms with E-state index in [9.17, 15) is 9.59 Å². The number of hydrogen-bond donors (Lipinski definition) is 1. The summed E-state index contributed by atoms with van der Waals surface area (Å²) in [5.41, 5.74) is 2.99. The lowest BCUT2D eigenvalue weighted by molar-refractivity contribution is -0.130. The van der Waals surface area contributed by atoms with Crippen molar-refractivity contribution in [3.05, 3.63) is 77.5 Å². The number of nitrogens with one attached hydrogen (secondary N) is 1. The number of carbonyl (C=O) groups is 2. The molecule has 1 N–H and O–H groups in total. The topological polar surface area (TPSA) is 49.4 Å². The number of benzene rings is 2. The molecule has 1 atom stereocenters. The largest absolute Gasteiger partial charge is 0.347 e. The van der Waals surface area contributed by atoms with Gasteiger partial charge in [-0.05, 0) is 42.0 Å². The highest BCUT2D eigenvalue weighted by Gasteiger charge is 2.40. The van der Waals surface area contributed by atoms with E-state index < -0.39 is 0 Å². The van der Waals surface area contributed by atoms with Gasteiger partial charge in [0.2, 0.25) is 11.8 Å². The van der Waals surface area contributed by atoms with Crippen LogP contribution in [-0.4, -0.2) is 16.7 Å². The summed E-state index contributed by atoms with van der Waals surface area (Å²) in [5, 5.41) is 3.28. The quantitative estimate of drug-likeness (QED) is 0.891. The van der Waals surface area contributed by atoms with Crippen molar-refractivity contribution in [2.45, 2.75) is 44.2 Å². The van der Waals surface area contributed by atoms with E-state index in [0.29, 0.717) is 0 Å². The normalized spacial score (nSPS) is 19.7. The molecule has 0 spiro atoms. The molecule has 1 saturated carbocycles. The van der Waals surface area contributed by atoms with Gasteiger partial charge in [0.25, 0.3) is 0 Å². The fourth-order valence-corrected chi connectivity index (χ4v) is 4.18. The molecule has 27 heavy (non-hydrogen) atoms. The third-order valence-corrected chi connectivity index (χ3v) is 5.76. The number of hydrogen-bond acceptors (Lipinski definition) is 2. The van der Waals surface area contributed by atoms with Crippen LogP contribution < -0.4 is 5.32 Å². The molecule has 0 bridgehead atoms. The van der Waals surface area contributed by atoms with E-state index in [4.69, 9.17) is 0 Å². The maximum atomic E-state index is 13.0. The van der Waals surface area contributed by atoms with Crippen molar-refractivity contribution < 1.29 is 9.59 Å². The van der Waals surface area contributed by atoms with Gasteiger partial charge in [-0.2, -0.15) is 0 Å². The fourth-order valence-electron chi connectivity index (χ4n) is 4.18. The minimum absolute atomic E-state index is 0.0140. The second-order valence-corrected chi connectivity index (χ2v) is 7.44. The molecular formula is C23H24N2O2. The molecule has 1 aliphatic heterocycles. The molecule has 1 aliphatic carbocycles. The third-order valence-electron chi connectivity index (χ3n) is 5.76. The molecule has 4 rings (SSSR count). The molecule has 2 amide bonds. The molecule has 0 aromatic heterocycles. The summed E-state index contributed by atoms with van der Waals surface area (Å²) in [4.78, 5) is 26.8. The molecule has 0 radical (unpaired) electrons. The lowest BCUT2D eigenvalue weighted by Crippen LogP contribution is -2.51. The highest BCUT2D eigenvalue weighted by atomic mass is 16.2. The summed E-state index contributed by atoms with van der Waals surface area (Å²) in [5.74, 6) is -0.0696. The van der Waals surface area contributed by atoms with Crippen LogP contribution in [0, 0.1) is 0 Å². The molecule has 2 aromatic carbocycles. The third kappa shape index (κ3) is 3.27. The molecule has 2 aliphatic rings. The zero-order valence-electron chi connectivity index (χ0n) is 15.5. The summed E-state index contributed by atoms with van der Waals surface area (Å²) in [6.07, 6.45) is 7.02. The van der Waals surface area contributed by atoms with Gasteiger partial charge in [-0.1, -0.05) is 54.6 Å². The molecular weight excluding hydrogens is 336 g/mol. The predicted molar refractivity (Wildman–Crippen MR) is 105 cm³/mol. The Kier molecular flexibility index (Phi) is 4.56. The van der Waals surface area contributed by atoms with Crippen molar-refractivity contribution in [3.63, 3.8) is 0 Å². The van der Waals surface area contributed by atoms with Crippen LogP contribution in [0.5, 0.6) is 0 Å². The molecule has 2 aromatic rings. The van der Waals surface area contributed by atoms with E-state index in [1.807, 2.05) is 48.5 Å². The van der Waals surface area contributed by atoms with Crippen LogP contribution in [0.4, 0.5) is 0 Å². The smallest absolute Gasteiger partial charge is 0.223 e. The standard InChI is InChI=1S/C23H24N2O2/c1-17(26)25-15-12-18-8-5-6-11-20(18)21(25)16-22(27)24-23(13-7-14-23)19-9-3-2-4-10-19/h2-6,8-12,15,21H,7,13-14,16H2,1H3,(H,24,27)/t21-/m1/s1. The first-order chi connectivity index (χ1) is 13.1. The van der Waals surface area contributed by atoms with Crippen LogP contribution in [-0.2, 0) is 15.1 Å². The average molecular weight is 360 g/mol. The number of rotatable bonds is 4. The first-order valence-corrected chi connectivity index (χ1v) is 9.52. The Morgan fingerprint density at radius 2 is 1.78 bits per heavy atom. The molecule has 1 fully saturated rings. The zero-order chi connectivity index (χ0) is 18.9. The Bertz CT molecular complexity index is 884. The van der Waals surface area contributed by atoms with Gasteiger partial charge in [-0.15, -0.1) is 0 Å². The molecule has 4 nitrogen and oxygen atoms in total. The second kappa shape index (κ2) is 7.03. The van der Waals surface area contributed by atoms with Crippen molar-refractivity contribution in [2.75, 3.05) is 0 Å². The fraction of sp³-hybridized carbons (Fsp3) is 0.304. The van der Waals surface area contributed by atoms with Gasteiger partial charge in [0, 0.05) is 13.1 Å². The SMILES string of the molecule is CC(=O)N1C=Cc2ccccc2[C@H]1CC(=O)NC1(c2ccccc2)CCC1. The van der Waals surface area contributed by atoms with Gasteiger partial charge in [0.1, 0.15) is 0 Å². The Balaban J connectivity index is 1.56. The van der Waals surface area contributed by atoms with Crippen molar-refractivity contribution >= 4 is 17.9 Å². The number of fused-ring (bicyclic) bond motifs is 1. The van der Waals surface area contributed by atoms with Crippen LogP contribution >= 0.6 is 0 Å². The van der Waals surface area contributed by atoms with Crippen LogP contribution in [0.25, 0.3) is 6.08 Å². The first kappa shape index (κ1) is 17.5. The monoisotopic (exact) mass is 360 g/mol. The summed E-state index contributed by atoms with van der Waals surface area (Å²) < 4.78 is 0. The van der Waals surface area contributed by atoms with Gasteiger partial charge < -0.3 is 10.2 Å². The number of amides is 2. The van der Waals surface area contributed by atoms with Crippen LogP contribution in [0.15, 0.2) is 60.8 Å². The van der Waals surface area contributed by atoms with Crippen molar-refractivity contribution in [1.82, 2.24) is 10.2 Å².